The second-order valence-electron chi connectivity index (χ2n) is 6.76. The molecule has 29 heavy (non-hydrogen) atoms. The number of nitrogens with one attached hydrogen (secondary N) is 1. The summed E-state index contributed by atoms with van der Waals surface area (Å²) in [5.74, 6) is -3.19. The largest absolute Gasteiger partial charge is 0.478 e. The van der Waals surface area contributed by atoms with E-state index in [0.29, 0.717) is 22.0 Å². The van der Waals surface area contributed by atoms with Crippen LogP contribution in [-0.4, -0.2) is 22.2 Å². The molecule has 0 bridgehead atoms. The van der Waals surface area contributed by atoms with Gasteiger partial charge < -0.3 is 15.5 Å². The molecule has 3 rings (SSSR count). The Morgan fingerprint density at radius 3 is 2.00 bits per heavy atom. The molecule has 0 aliphatic carbocycles. The maximum Gasteiger partial charge on any atom is 0.334 e. The Kier molecular flexibility index (Phi) is 5.89. The lowest BCUT2D eigenvalue weighted by atomic mass is 9.78. The summed E-state index contributed by atoms with van der Waals surface area (Å²) in [6, 6.07) is 14.5. The number of rotatable bonds is 5. The van der Waals surface area contributed by atoms with Crippen LogP contribution >= 0.6 is 11.6 Å². The summed E-state index contributed by atoms with van der Waals surface area (Å²) in [6.07, 6.45) is 3.73. The van der Waals surface area contributed by atoms with E-state index in [2.05, 4.69) is 5.32 Å². The molecule has 0 atom stereocenters. The minimum Gasteiger partial charge on any atom is -0.478 e. The smallest absolute Gasteiger partial charge is 0.334 e. The molecule has 1 aliphatic heterocycles. The molecule has 0 spiro atoms. The van der Waals surface area contributed by atoms with Crippen LogP contribution in [0.3, 0.4) is 0 Å². The number of dihydropyridines is 1. The summed E-state index contributed by atoms with van der Waals surface area (Å²) in [4.78, 5) is 24.0. The highest BCUT2D eigenvalue weighted by molar-refractivity contribution is 6.30. The van der Waals surface area contributed by atoms with Crippen molar-refractivity contribution in [1.29, 1.82) is 0 Å². The van der Waals surface area contributed by atoms with Gasteiger partial charge in [0.15, 0.2) is 0 Å². The molecular weight excluding hydrogens is 390 g/mol. The van der Waals surface area contributed by atoms with Crippen LogP contribution in [0, 0.1) is 0 Å². The zero-order valence-corrected chi connectivity index (χ0v) is 16.7. The van der Waals surface area contributed by atoms with Crippen molar-refractivity contribution in [2.24, 2.45) is 0 Å². The van der Waals surface area contributed by atoms with E-state index in [1.165, 1.54) is 0 Å². The maximum absolute atomic E-state index is 12.0. The molecule has 1 aliphatic rings. The van der Waals surface area contributed by atoms with E-state index in [1.807, 2.05) is 36.4 Å². The molecule has 0 amide bonds. The highest BCUT2D eigenvalue weighted by Gasteiger charge is 2.37. The van der Waals surface area contributed by atoms with E-state index >= 15 is 0 Å². The van der Waals surface area contributed by atoms with E-state index in [-0.39, 0.29) is 11.1 Å². The van der Waals surface area contributed by atoms with Crippen molar-refractivity contribution in [2.45, 2.75) is 19.8 Å². The average molecular weight is 410 g/mol. The molecule has 0 unspecified atom stereocenters. The summed E-state index contributed by atoms with van der Waals surface area (Å²) in [6.45, 7) is 3.29. The van der Waals surface area contributed by atoms with Crippen LogP contribution in [0.1, 0.15) is 36.5 Å². The third-order valence-electron chi connectivity index (χ3n) is 4.85. The second-order valence-corrected chi connectivity index (χ2v) is 7.20. The fraction of sp³-hybridized carbons (Fsp3) is 0.130. The fourth-order valence-corrected chi connectivity index (χ4v) is 3.68. The molecule has 5 nitrogen and oxygen atoms in total. The third kappa shape index (κ3) is 4.25. The van der Waals surface area contributed by atoms with Crippen molar-refractivity contribution in [1.82, 2.24) is 5.32 Å². The number of halogens is 1. The SMILES string of the molecule is CC1=C(C(=O)O)C(c2ccccc2/C=C/c2ccc(Cl)cc2)C(C(=O)O)=C(C)N1. The second kappa shape index (κ2) is 8.37. The van der Waals surface area contributed by atoms with E-state index in [9.17, 15) is 19.8 Å². The lowest BCUT2D eigenvalue weighted by Gasteiger charge is -2.29. The normalized spacial score (nSPS) is 15.0. The number of carboxylic acid groups (broad SMARTS) is 2. The summed E-state index contributed by atoms with van der Waals surface area (Å²) in [5, 5.41) is 23.1. The van der Waals surface area contributed by atoms with Gasteiger partial charge in [0.1, 0.15) is 0 Å². The molecule has 0 saturated heterocycles. The van der Waals surface area contributed by atoms with Gasteiger partial charge in [-0.15, -0.1) is 0 Å². The molecule has 148 valence electrons. The average Bonchev–Trinajstić information content (AvgIpc) is 2.66. The van der Waals surface area contributed by atoms with E-state index in [4.69, 9.17) is 11.6 Å². The van der Waals surface area contributed by atoms with Gasteiger partial charge in [-0.05, 0) is 42.7 Å². The van der Waals surface area contributed by atoms with Gasteiger partial charge in [-0.2, -0.15) is 0 Å². The Labute approximate surface area is 173 Å². The van der Waals surface area contributed by atoms with Crippen LogP contribution in [0.15, 0.2) is 71.1 Å². The lowest BCUT2D eigenvalue weighted by Crippen LogP contribution is -2.31. The van der Waals surface area contributed by atoms with E-state index in [1.54, 1.807) is 38.1 Å². The van der Waals surface area contributed by atoms with Crippen LogP contribution in [0.5, 0.6) is 0 Å². The number of hydrogen-bond donors (Lipinski definition) is 3. The topological polar surface area (TPSA) is 86.6 Å². The van der Waals surface area contributed by atoms with Crippen LogP contribution in [0.2, 0.25) is 5.02 Å². The number of carbonyl (C=O) groups is 2. The Hall–Kier alpha value is -3.31. The van der Waals surface area contributed by atoms with Gasteiger partial charge in [-0.1, -0.05) is 60.2 Å². The van der Waals surface area contributed by atoms with Gasteiger partial charge in [0.05, 0.1) is 17.1 Å². The van der Waals surface area contributed by atoms with Gasteiger partial charge in [-0.25, -0.2) is 9.59 Å². The number of aliphatic carboxylic acids is 2. The number of carboxylic acids is 2. The van der Waals surface area contributed by atoms with Crippen molar-refractivity contribution in [3.05, 3.63) is 92.8 Å². The van der Waals surface area contributed by atoms with Gasteiger partial charge in [0.2, 0.25) is 0 Å². The zero-order valence-electron chi connectivity index (χ0n) is 15.9. The van der Waals surface area contributed by atoms with Crippen molar-refractivity contribution in [3.63, 3.8) is 0 Å². The van der Waals surface area contributed by atoms with Gasteiger partial charge in [0, 0.05) is 16.4 Å². The van der Waals surface area contributed by atoms with Crippen LogP contribution < -0.4 is 5.32 Å². The molecule has 2 aromatic carbocycles. The summed E-state index contributed by atoms with van der Waals surface area (Å²) >= 11 is 5.92. The molecule has 6 heteroatoms. The molecular formula is C23H20ClNO4. The molecule has 0 aromatic heterocycles. The summed E-state index contributed by atoms with van der Waals surface area (Å²) in [5.41, 5.74) is 3.20. The number of benzene rings is 2. The first-order valence-electron chi connectivity index (χ1n) is 8.97. The maximum atomic E-state index is 12.0. The molecule has 0 fully saturated rings. The first-order chi connectivity index (χ1) is 13.8. The van der Waals surface area contributed by atoms with Crippen LogP contribution in [0.4, 0.5) is 0 Å². The van der Waals surface area contributed by atoms with Gasteiger partial charge in [-0.3, -0.25) is 0 Å². The highest BCUT2D eigenvalue weighted by Crippen LogP contribution is 2.40. The van der Waals surface area contributed by atoms with Crippen molar-refractivity contribution < 1.29 is 19.8 Å². The molecule has 2 aromatic rings. The van der Waals surface area contributed by atoms with Gasteiger partial charge >= 0.3 is 11.9 Å². The quantitative estimate of drug-likeness (QED) is 0.610. The summed E-state index contributed by atoms with van der Waals surface area (Å²) < 4.78 is 0. The van der Waals surface area contributed by atoms with Gasteiger partial charge in [0.25, 0.3) is 0 Å². The highest BCUT2D eigenvalue weighted by atomic mass is 35.5. The summed E-state index contributed by atoms with van der Waals surface area (Å²) in [7, 11) is 0. The predicted octanol–water partition coefficient (Wildman–Crippen LogP) is 4.91. The van der Waals surface area contributed by atoms with E-state index in [0.717, 1.165) is 11.1 Å². The molecule has 3 N–H and O–H groups in total. The number of allylic oxidation sites excluding steroid dienone is 2. The van der Waals surface area contributed by atoms with Crippen molar-refractivity contribution >= 4 is 35.7 Å². The Morgan fingerprint density at radius 2 is 1.45 bits per heavy atom. The third-order valence-corrected chi connectivity index (χ3v) is 5.11. The first kappa shape index (κ1) is 20.4. The van der Waals surface area contributed by atoms with Crippen LogP contribution in [-0.2, 0) is 9.59 Å². The van der Waals surface area contributed by atoms with Crippen molar-refractivity contribution in [3.8, 4) is 0 Å². The van der Waals surface area contributed by atoms with Crippen LogP contribution in [0.25, 0.3) is 12.2 Å². The minimum absolute atomic E-state index is 0.0281. The number of hydrogen-bond acceptors (Lipinski definition) is 3. The molecule has 0 radical (unpaired) electrons. The fourth-order valence-electron chi connectivity index (χ4n) is 3.56. The lowest BCUT2D eigenvalue weighted by molar-refractivity contribution is -0.133. The molecule has 1 heterocycles. The van der Waals surface area contributed by atoms with E-state index < -0.39 is 17.9 Å². The minimum atomic E-state index is -1.15. The molecule has 0 saturated carbocycles. The zero-order chi connectivity index (χ0) is 21.1. The standard InChI is InChI=1S/C23H20ClNO4/c1-13-19(22(26)27)21(20(23(28)29)14(2)25-13)18-6-4-3-5-16(18)10-7-15-8-11-17(24)12-9-15/h3-12,21,25H,1-2H3,(H,26,27)(H,28,29)/b10-7+. The monoisotopic (exact) mass is 409 g/mol. The Balaban J connectivity index is 2.14. The van der Waals surface area contributed by atoms with Crippen molar-refractivity contribution in [2.75, 3.05) is 0 Å². The Bertz CT molecular complexity index is 1030. The predicted molar refractivity (Wildman–Crippen MR) is 113 cm³/mol. The Morgan fingerprint density at radius 1 is 0.897 bits per heavy atom. The first-order valence-corrected chi connectivity index (χ1v) is 9.35.